The molecule has 0 radical (unpaired) electrons. The Balaban J connectivity index is 6.29. The largest absolute Gasteiger partial charge is 0.0654 e. The Morgan fingerprint density at radius 2 is 1.23 bits per heavy atom. The Bertz CT molecular complexity index is 308. The highest BCUT2D eigenvalue weighted by atomic mass is 14.6. The highest BCUT2D eigenvalue weighted by Crippen LogP contribution is 2.64. The van der Waals surface area contributed by atoms with Gasteiger partial charge < -0.3 is 0 Å². The molecule has 134 valence electrons. The van der Waals surface area contributed by atoms with Gasteiger partial charge in [-0.2, -0.15) is 0 Å². The highest BCUT2D eigenvalue weighted by molar-refractivity contribution is 5.05. The average molecular weight is 311 g/mol. The van der Waals surface area contributed by atoms with E-state index in [1.165, 1.54) is 32.1 Å². The topological polar surface area (TPSA) is 0 Å². The lowest BCUT2D eigenvalue weighted by Gasteiger charge is -2.62. The van der Waals surface area contributed by atoms with E-state index in [1.807, 2.05) is 0 Å². The monoisotopic (exact) mass is 310 g/mol. The predicted molar refractivity (Wildman–Crippen MR) is 103 cm³/mol. The molecule has 0 nitrogen and oxygen atoms in total. The van der Waals surface area contributed by atoms with E-state index in [9.17, 15) is 0 Å². The highest BCUT2D eigenvalue weighted by Gasteiger charge is 2.57. The second-order valence-corrected chi connectivity index (χ2v) is 9.14. The maximum atomic E-state index is 2.65. The fraction of sp³-hybridized carbons (Fsp3) is 1.00. The van der Waals surface area contributed by atoms with E-state index in [0.29, 0.717) is 16.2 Å². The lowest BCUT2D eigenvalue weighted by Crippen LogP contribution is -2.56. The van der Waals surface area contributed by atoms with Crippen molar-refractivity contribution in [2.24, 2.45) is 34.0 Å². The maximum absolute atomic E-state index is 2.65. The number of hydrogen-bond acceptors (Lipinski definition) is 0. The van der Waals surface area contributed by atoms with E-state index in [0.717, 1.165) is 17.8 Å². The van der Waals surface area contributed by atoms with E-state index in [4.69, 9.17) is 0 Å². The zero-order chi connectivity index (χ0) is 17.8. The first-order chi connectivity index (χ1) is 9.99. The van der Waals surface area contributed by atoms with Crippen LogP contribution in [0.2, 0.25) is 0 Å². The molecule has 0 amide bonds. The summed E-state index contributed by atoms with van der Waals surface area (Å²) in [7, 11) is 0. The standard InChI is InChI=1S/C22H46/c1-12-16-19(17(5)6)22(11,21(10,14-3)15-4)20(8,9)18(7)13-2/h17-19H,12-16H2,1-11H3. The van der Waals surface area contributed by atoms with Crippen molar-refractivity contribution < 1.29 is 0 Å². The molecule has 0 aliphatic heterocycles. The molecule has 0 aromatic heterocycles. The molecular formula is C22H46. The molecule has 0 saturated carbocycles. The summed E-state index contributed by atoms with van der Waals surface area (Å²) in [4.78, 5) is 0. The van der Waals surface area contributed by atoms with Crippen LogP contribution in [-0.2, 0) is 0 Å². The molecule has 3 unspecified atom stereocenters. The predicted octanol–water partition coefficient (Wildman–Crippen LogP) is 7.96. The second kappa shape index (κ2) is 8.20. The lowest BCUT2D eigenvalue weighted by molar-refractivity contribution is -0.141. The van der Waals surface area contributed by atoms with Gasteiger partial charge in [0.05, 0.1) is 0 Å². The van der Waals surface area contributed by atoms with Crippen LogP contribution in [0.3, 0.4) is 0 Å². The van der Waals surface area contributed by atoms with Gasteiger partial charge in [-0.25, -0.2) is 0 Å². The van der Waals surface area contributed by atoms with E-state index in [1.54, 1.807) is 0 Å². The number of rotatable bonds is 10. The second-order valence-electron chi connectivity index (χ2n) is 9.14. The van der Waals surface area contributed by atoms with E-state index < -0.39 is 0 Å². The minimum absolute atomic E-state index is 0.354. The third kappa shape index (κ3) is 3.57. The molecule has 0 heterocycles. The van der Waals surface area contributed by atoms with Crippen LogP contribution in [0, 0.1) is 34.0 Å². The zero-order valence-electron chi connectivity index (χ0n) is 17.8. The van der Waals surface area contributed by atoms with Gasteiger partial charge in [0.1, 0.15) is 0 Å². The van der Waals surface area contributed by atoms with E-state index in [2.05, 4.69) is 76.2 Å². The maximum Gasteiger partial charge on any atom is -0.0188 e. The lowest BCUT2D eigenvalue weighted by atomic mass is 9.42. The van der Waals surface area contributed by atoms with Crippen LogP contribution in [0.5, 0.6) is 0 Å². The van der Waals surface area contributed by atoms with Crippen LogP contribution in [0.15, 0.2) is 0 Å². The molecule has 0 fully saturated rings. The van der Waals surface area contributed by atoms with E-state index >= 15 is 0 Å². The van der Waals surface area contributed by atoms with Crippen LogP contribution < -0.4 is 0 Å². The van der Waals surface area contributed by atoms with Crippen LogP contribution in [0.25, 0.3) is 0 Å². The van der Waals surface area contributed by atoms with Crippen molar-refractivity contribution in [2.75, 3.05) is 0 Å². The van der Waals surface area contributed by atoms with Crippen molar-refractivity contribution in [3.05, 3.63) is 0 Å². The molecule has 0 saturated heterocycles. The molecule has 0 aliphatic carbocycles. The van der Waals surface area contributed by atoms with Crippen molar-refractivity contribution in [1.29, 1.82) is 0 Å². The number of hydrogen-bond donors (Lipinski definition) is 0. The van der Waals surface area contributed by atoms with Gasteiger partial charge in [-0.15, -0.1) is 0 Å². The SMILES string of the molecule is CCCC(C(C)C)C(C)(C(C)(CC)CC)C(C)(C)C(C)CC. The fourth-order valence-electron chi connectivity index (χ4n) is 5.31. The van der Waals surface area contributed by atoms with Crippen molar-refractivity contribution in [3.8, 4) is 0 Å². The van der Waals surface area contributed by atoms with Crippen LogP contribution in [-0.4, -0.2) is 0 Å². The smallest absolute Gasteiger partial charge is 0.0188 e. The van der Waals surface area contributed by atoms with Gasteiger partial charge >= 0.3 is 0 Å². The Hall–Kier alpha value is 0. The van der Waals surface area contributed by atoms with Crippen LogP contribution in [0.4, 0.5) is 0 Å². The van der Waals surface area contributed by atoms with Gasteiger partial charge in [0.2, 0.25) is 0 Å². The molecule has 0 aromatic carbocycles. The first-order valence-corrected chi connectivity index (χ1v) is 9.99. The molecule has 0 N–H and O–H groups in total. The van der Waals surface area contributed by atoms with Gasteiger partial charge in [0, 0.05) is 0 Å². The quantitative estimate of drug-likeness (QED) is 0.384. The summed E-state index contributed by atoms with van der Waals surface area (Å²) >= 11 is 0. The summed E-state index contributed by atoms with van der Waals surface area (Å²) < 4.78 is 0. The van der Waals surface area contributed by atoms with E-state index in [-0.39, 0.29) is 0 Å². The first-order valence-electron chi connectivity index (χ1n) is 9.99. The van der Waals surface area contributed by atoms with Gasteiger partial charge in [-0.05, 0) is 40.4 Å². The van der Waals surface area contributed by atoms with Crippen molar-refractivity contribution in [2.45, 2.75) is 108 Å². The third-order valence-corrected chi connectivity index (χ3v) is 8.14. The van der Waals surface area contributed by atoms with Crippen molar-refractivity contribution in [3.63, 3.8) is 0 Å². The summed E-state index contributed by atoms with van der Waals surface area (Å²) in [5.74, 6) is 2.31. The summed E-state index contributed by atoms with van der Waals surface area (Å²) in [5, 5.41) is 0. The fourth-order valence-corrected chi connectivity index (χ4v) is 5.31. The van der Waals surface area contributed by atoms with Crippen LogP contribution in [0.1, 0.15) is 108 Å². The van der Waals surface area contributed by atoms with Gasteiger partial charge in [0.25, 0.3) is 0 Å². The Kier molecular flexibility index (Phi) is 8.20. The summed E-state index contributed by atoms with van der Waals surface area (Å²) in [5.41, 5.74) is 1.12. The van der Waals surface area contributed by atoms with Crippen molar-refractivity contribution >= 4 is 0 Å². The molecule has 0 aliphatic rings. The molecular weight excluding hydrogens is 264 g/mol. The molecule has 0 bridgehead atoms. The molecule has 0 heteroatoms. The normalized spacial score (nSPS) is 19.1. The Labute approximate surface area is 142 Å². The first kappa shape index (κ1) is 22.0. The average Bonchev–Trinajstić information content (AvgIpc) is 2.49. The third-order valence-electron chi connectivity index (χ3n) is 8.14. The van der Waals surface area contributed by atoms with Crippen molar-refractivity contribution in [1.82, 2.24) is 0 Å². The minimum atomic E-state index is 0.354. The molecule has 0 rings (SSSR count). The summed E-state index contributed by atoms with van der Waals surface area (Å²) in [6, 6.07) is 0. The van der Waals surface area contributed by atoms with Crippen LogP contribution >= 0.6 is 0 Å². The minimum Gasteiger partial charge on any atom is -0.0654 e. The van der Waals surface area contributed by atoms with Gasteiger partial charge in [-0.1, -0.05) is 102 Å². The molecule has 0 spiro atoms. The Morgan fingerprint density at radius 3 is 1.50 bits per heavy atom. The summed E-state index contributed by atoms with van der Waals surface area (Å²) in [6.45, 7) is 27.3. The van der Waals surface area contributed by atoms with Gasteiger partial charge in [-0.3, -0.25) is 0 Å². The zero-order valence-corrected chi connectivity index (χ0v) is 17.8. The molecule has 0 aromatic rings. The molecule has 22 heavy (non-hydrogen) atoms. The summed E-state index contributed by atoms with van der Waals surface area (Å²) in [6.07, 6.45) is 6.52. The Morgan fingerprint density at radius 1 is 0.773 bits per heavy atom. The molecule has 3 atom stereocenters. The van der Waals surface area contributed by atoms with Gasteiger partial charge in [0.15, 0.2) is 0 Å².